The molecular weight excluding hydrogens is 314 g/mol. The van der Waals surface area contributed by atoms with Gasteiger partial charge in [-0.15, -0.1) is 0 Å². The molecule has 3 rings (SSSR count). The molecule has 0 amide bonds. The molecule has 0 aliphatic carbocycles. The van der Waals surface area contributed by atoms with E-state index in [4.69, 9.17) is 9.97 Å². The SMILES string of the molecule is CN(C)c1nc2c(c(N(C)CCO)n1)CCN(Cc1ccccc1)C2. The van der Waals surface area contributed by atoms with Crippen molar-refractivity contribution in [3.05, 3.63) is 47.2 Å². The molecule has 0 spiro atoms. The summed E-state index contributed by atoms with van der Waals surface area (Å²) < 4.78 is 0. The first kappa shape index (κ1) is 17.6. The smallest absolute Gasteiger partial charge is 0.227 e. The molecule has 2 aromatic rings. The van der Waals surface area contributed by atoms with Crippen molar-refractivity contribution in [1.29, 1.82) is 0 Å². The molecule has 0 bridgehead atoms. The zero-order chi connectivity index (χ0) is 17.8. The van der Waals surface area contributed by atoms with E-state index in [0.717, 1.165) is 43.5 Å². The van der Waals surface area contributed by atoms with Gasteiger partial charge in [-0.3, -0.25) is 4.90 Å². The molecule has 0 fully saturated rings. The van der Waals surface area contributed by atoms with E-state index in [1.54, 1.807) is 0 Å². The van der Waals surface area contributed by atoms with Gasteiger partial charge in [-0.2, -0.15) is 4.98 Å². The van der Waals surface area contributed by atoms with Crippen LogP contribution in [0, 0.1) is 0 Å². The van der Waals surface area contributed by atoms with E-state index in [9.17, 15) is 5.11 Å². The van der Waals surface area contributed by atoms with Gasteiger partial charge in [-0.25, -0.2) is 4.98 Å². The highest BCUT2D eigenvalue weighted by Crippen LogP contribution is 2.28. The molecule has 1 aromatic heterocycles. The van der Waals surface area contributed by atoms with Crippen LogP contribution in [0.15, 0.2) is 30.3 Å². The second-order valence-electron chi connectivity index (χ2n) is 6.76. The molecule has 25 heavy (non-hydrogen) atoms. The second-order valence-corrected chi connectivity index (χ2v) is 6.76. The fourth-order valence-electron chi connectivity index (χ4n) is 3.20. The Kier molecular flexibility index (Phi) is 5.50. The molecule has 2 heterocycles. The molecule has 1 N–H and O–H groups in total. The molecule has 0 radical (unpaired) electrons. The van der Waals surface area contributed by atoms with Gasteiger partial charge in [0.05, 0.1) is 12.3 Å². The maximum Gasteiger partial charge on any atom is 0.227 e. The minimum atomic E-state index is 0.118. The summed E-state index contributed by atoms with van der Waals surface area (Å²) in [5, 5.41) is 9.28. The van der Waals surface area contributed by atoms with Crippen LogP contribution in [0.1, 0.15) is 16.8 Å². The summed E-state index contributed by atoms with van der Waals surface area (Å²) in [7, 11) is 5.90. The highest BCUT2D eigenvalue weighted by atomic mass is 16.3. The van der Waals surface area contributed by atoms with Gasteiger partial charge < -0.3 is 14.9 Å². The molecule has 1 aliphatic heterocycles. The first-order chi connectivity index (χ1) is 12.1. The van der Waals surface area contributed by atoms with Gasteiger partial charge in [-0.1, -0.05) is 30.3 Å². The Morgan fingerprint density at radius 2 is 1.88 bits per heavy atom. The minimum absolute atomic E-state index is 0.118. The normalized spacial score (nSPS) is 14.2. The number of aliphatic hydroxyl groups is 1. The number of anilines is 2. The summed E-state index contributed by atoms with van der Waals surface area (Å²) >= 11 is 0. The third-order valence-electron chi connectivity index (χ3n) is 4.56. The first-order valence-electron chi connectivity index (χ1n) is 8.74. The fraction of sp³-hybridized carbons (Fsp3) is 0.474. The monoisotopic (exact) mass is 341 g/mol. The van der Waals surface area contributed by atoms with Crippen molar-refractivity contribution in [3.63, 3.8) is 0 Å². The standard InChI is InChI=1S/C19H27N5O/c1-22(2)19-20-17-14-24(13-15-7-5-4-6-8-15)10-9-16(17)18(21-19)23(3)11-12-25/h4-8,25H,9-14H2,1-3H3. The van der Waals surface area contributed by atoms with Gasteiger partial charge in [0.1, 0.15) is 5.82 Å². The summed E-state index contributed by atoms with van der Waals surface area (Å²) in [5.74, 6) is 1.67. The average molecular weight is 341 g/mol. The lowest BCUT2D eigenvalue weighted by atomic mass is 10.0. The predicted molar refractivity (Wildman–Crippen MR) is 101 cm³/mol. The van der Waals surface area contributed by atoms with Gasteiger partial charge >= 0.3 is 0 Å². The van der Waals surface area contributed by atoms with Crippen LogP contribution >= 0.6 is 0 Å². The van der Waals surface area contributed by atoms with E-state index >= 15 is 0 Å². The molecule has 1 aromatic carbocycles. The molecule has 6 nitrogen and oxygen atoms in total. The quantitative estimate of drug-likeness (QED) is 0.860. The van der Waals surface area contributed by atoms with Crippen molar-refractivity contribution in [3.8, 4) is 0 Å². The highest BCUT2D eigenvalue weighted by Gasteiger charge is 2.24. The lowest BCUT2D eigenvalue weighted by Gasteiger charge is -2.32. The number of aromatic nitrogens is 2. The van der Waals surface area contributed by atoms with E-state index in [0.29, 0.717) is 6.54 Å². The van der Waals surface area contributed by atoms with Crippen LogP contribution in [0.5, 0.6) is 0 Å². The van der Waals surface area contributed by atoms with Gasteiger partial charge in [0.25, 0.3) is 0 Å². The Labute approximate surface area is 149 Å². The predicted octanol–water partition coefficient (Wildman–Crippen LogP) is 1.53. The maximum atomic E-state index is 9.28. The number of fused-ring (bicyclic) bond motifs is 1. The Hall–Kier alpha value is -2.18. The van der Waals surface area contributed by atoms with E-state index < -0.39 is 0 Å². The molecule has 0 atom stereocenters. The van der Waals surface area contributed by atoms with Gasteiger partial charge in [0.15, 0.2) is 0 Å². The molecule has 134 valence electrons. The Bertz CT molecular complexity index is 704. The molecule has 1 aliphatic rings. The number of aliphatic hydroxyl groups excluding tert-OH is 1. The number of likely N-dealkylation sites (N-methyl/N-ethyl adjacent to an activating group) is 1. The lowest BCUT2D eigenvalue weighted by molar-refractivity contribution is 0.241. The van der Waals surface area contributed by atoms with Crippen molar-refractivity contribution in [1.82, 2.24) is 14.9 Å². The number of benzene rings is 1. The fourth-order valence-corrected chi connectivity index (χ4v) is 3.20. The minimum Gasteiger partial charge on any atom is -0.395 e. The van der Waals surface area contributed by atoms with E-state index in [1.165, 1.54) is 11.1 Å². The van der Waals surface area contributed by atoms with Crippen LogP contribution < -0.4 is 9.80 Å². The number of hydrogen-bond donors (Lipinski definition) is 1. The second kappa shape index (κ2) is 7.80. The lowest BCUT2D eigenvalue weighted by Crippen LogP contribution is -2.34. The molecule has 6 heteroatoms. The van der Waals surface area contributed by atoms with Crippen molar-refractivity contribution in [2.24, 2.45) is 0 Å². The Morgan fingerprint density at radius 3 is 2.56 bits per heavy atom. The van der Waals surface area contributed by atoms with Gasteiger partial charge in [0, 0.05) is 52.9 Å². The average Bonchev–Trinajstić information content (AvgIpc) is 2.61. The summed E-state index contributed by atoms with van der Waals surface area (Å²) in [6.07, 6.45) is 0.932. The number of hydrogen-bond acceptors (Lipinski definition) is 6. The third-order valence-corrected chi connectivity index (χ3v) is 4.56. The van der Waals surface area contributed by atoms with Crippen LogP contribution in [0.3, 0.4) is 0 Å². The van der Waals surface area contributed by atoms with Gasteiger partial charge in [-0.05, 0) is 12.0 Å². The maximum absolute atomic E-state index is 9.28. The third kappa shape index (κ3) is 4.08. The van der Waals surface area contributed by atoms with Crippen molar-refractivity contribution < 1.29 is 5.11 Å². The number of rotatable bonds is 6. The van der Waals surface area contributed by atoms with Crippen molar-refractivity contribution in [2.75, 3.05) is 50.6 Å². The zero-order valence-electron chi connectivity index (χ0n) is 15.3. The van der Waals surface area contributed by atoms with Crippen LogP contribution in [0.4, 0.5) is 11.8 Å². The van der Waals surface area contributed by atoms with Crippen molar-refractivity contribution >= 4 is 11.8 Å². The van der Waals surface area contributed by atoms with Crippen molar-refractivity contribution in [2.45, 2.75) is 19.5 Å². The van der Waals surface area contributed by atoms with Crippen LogP contribution in [0.2, 0.25) is 0 Å². The molecule has 0 unspecified atom stereocenters. The molecule has 0 saturated carbocycles. The van der Waals surface area contributed by atoms with E-state index in [-0.39, 0.29) is 6.61 Å². The largest absolute Gasteiger partial charge is 0.395 e. The van der Waals surface area contributed by atoms with Gasteiger partial charge in [0.2, 0.25) is 5.95 Å². The Morgan fingerprint density at radius 1 is 1.12 bits per heavy atom. The summed E-state index contributed by atoms with van der Waals surface area (Å²) in [6.45, 7) is 3.44. The van der Waals surface area contributed by atoms with Crippen LogP contribution in [-0.2, 0) is 19.5 Å². The topological polar surface area (TPSA) is 55.7 Å². The number of nitrogens with zero attached hydrogens (tertiary/aromatic N) is 5. The van der Waals surface area contributed by atoms with Crippen LogP contribution in [0.25, 0.3) is 0 Å². The summed E-state index contributed by atoms with van der Waals surface area (Å²) in [5.41, 5.74) is 3.64. The van der Waals surface area contributed by atoms with Crippen LogP contribution in [-0.4, -0.2) is 60.8 Å². The summed E-state index contributed by atoms with van der Waals surface area (Å²) in [6, 6.07) is 10.6. The Balaban J connectivity index is 1.87. The van der Waals surface area contributed by atoms with E-state index in [1.807, 2.05) is 30.9 Å². The first-order valence-corrected chi connectivity index (χ1v) is 8.74. The van der Waals surface area contributed by atoms with E-state index in [2.05, 4.69) is 35.2 Å². The highest BCUT2D eigenvalue weighted by molar-refractivity contribution is 5.53. The molecule has 0 saturated heterocycles. The summed E-state index contributed by atoms with van der Waals surface area (Å²) in [4.78, 5) is 15.9. The molecular formula is C19H27N5O. The zero-order valence-corrected chi connectivity index (χ0v) is 15.3.